The Morgan fingerprint density at radius 1 is 1.08 bits per heavy atom. The molecule has 2 N–H and O–H groups in total. The third kappa shape index (κ3) is 3.67. The molecular formula is C21H23ClN2O2. The van der Waals surface area contributed by atoms with E-state index in [-0.39, 0.29) is 23.1 Å². The minimum absolute atomic E-state index is 0.0671. The van der Waals surface area contributed by atoms with E-state index >= 15 is 0 Å². The predicted octanol–water partition coefficient (Wildman–Crippen LogP) is 3.77. The Labute approximate surface area is 158 Å². The number of halogens is 1. The van der Waals surface area contributed by atoms with Gasteiger partial charge in [-0.05, 0) is 42.2 Å². The number of likely N-dealkylation sites (tertiary alicyclic amines) is 1. The number of carbonyl (C=O) groups is 2. The van der Waals surface area contributed by atoms with Crippen LogP contribution in [-0.2, 0) is 0 Å². The molecule has 1 aliphatic heterocycles. The number of hydrogen-bond donors (Lipinski definition) is 1. The van der Waals surface area contributed by atoms with E-state index in [1.165, 1.54) is 0 Å². The highest BCUT2D eigenvalue weighted by molar-refractivity contribution is 6.30. The second-order valence-electron chi connectivity index (χ2n) is 7.49. The first-order valence-corrected chi connectivity index (χ1v) is 9.11. The van der Waals surface area contributed by atoms with Gasteiger partial charge in [-0.2, -0.15) is 0 Å². The van der Waals surface area contributed by atoms with Crippen LogP contribution < -0.4 is 5.73 Å². The first kappa shape index (κ1) is 18.6. The first-order chi connectivity index (χ1) is 12.3. The summed E-state index contributed by atoms with van der Waals surface area (Å²) < 4.78 is 0. The molecule has 3 rings (SSSR count). The molecule has 0 saturated carbocycles. The van der Waals surface area contributed by atoms with Crippen LogP contribution in [0.3, 0.4) is 0 Å². The lowest BCUT2D eigenvalue weighted by Crippen LogP contribution is -2.54. The zero-order valence-electron chi connectivity index (χ0n) is 15.0. The van der Waals surface area contributed by atoms with Crippen LogP contribution in [0.15, 0.2) is 48.5 Å². The third-order valence-corrected chi connectivity index (χ3v) is 5.36. The number of carbonyl (C=O) groups excluding carboxylic acids is 2. The van der Waals surface area contributed by atoms with Gasteiger partial charge in [-0.15, -0.1) is 0 Å². The molecule has 26 heavy (non-hydrogen) atoms. The van der Waals surface area contributed by atoms with Crippen LogP contribution >= 0.6 is 11.6 Å². The van der Waals surface area contributed by atoms with Gasteiger partial charge in [0.25, 0.3) is 5.91 Å². The smallest absolute Gasteiger partial charge is 0.254 e. The fraction of sp³-hybridized carbons (Fsp3) is 0.333. The van der Waals surface area contributed by atoms with Crippen LogP contribution in [0.1, 0.15) is 46.5 Å². The SMILES string of the molecule is CC1(C)CN(C(=O)c2ccccc2C(=O)c2ccc(Cl)cc2)CCC1N. The van der Waals surface area contributed by atoms with Crippen molar-refractivity contribution < 1.29 is 9.59 Å². The molecule has 1 unspecified atom stereocenters. The van der Waals surface area contributed by atoms with E-state index in [1.54, 1.807) is 53.4 Å². The summed E-state index contributed by atoms with van der Waals surface area (Å²) in [6, 6.07) is 13.7. The number of hydrogen-bond acceptors (Lipinski definition) is 3. The molecule has 136 valence electrons. The summed E-state index contributed by atoms with van der Waals surface area (Å²) in [4.78, 5) is 27.8. The average Bonchev–Trinajstić information content (AvgIpc) is 2.63. The molecule has 5 heteroatoms. The number of ketones is 1. The third-order valence-electron chi connectivity index (χ3n) is 5.11. The van der Waals surface area contributed by atoms with Gasteiger partial charge in [-0.25, -0.2) is 0 Å². The van der Waals surface area contributed by atoms with Crippen molar-refractivity contribution in [2.24, 2.45) is 11.1 Å². The first-order valence-electron chi connectivity index (χ1n) is 8.74. The summed E-state index contributed by atoms with van der Waals surface area (Å²) in [6.45, 7) is 5.33. The number of nitrogens with two attached hydrogens (primary N) is 1. The number of amides is 1. The molecule has 1 amide bonds. The number of piperidine rings is 1. The summed E-state index contributed by atoms with van der Waals surface area (Å²) in [5.74, 6) is -0.304. The van der Waals surface area contributed by atoms with Gasteiger partial charge in [-0.1, -0.05) is 43.6 Å². The van der Waals surface area contributed by atoms with Gasteiger partial charge in [0, 0.05) is 35.3 Å². The molecule has 1 saturated heterocycles. The molecule has 2 aromatic rings. The van der Waals surface area contributed by atoms with Crippen molar-refractivity contribution in [2.45, 2.75) is 26.3 Å². The quantitative estimate of drug-likeness (QED) is 0.836. The van der Waals surface area contributed by atoms with Crippen molar-refractivity contribution in [1.82, 2.24) is 4.90 Å². The van der Waals surface area contributed by atoms with Crippen LogP contribution in [0.25, 0.3) is 0 Å². The monoisotopic (exact) mass is 370 g/mol. The molecule has 1 aliphatic rings. The number of nitrogens with zero attached hydrogens (tertiary/aromatic N) is 1. The van der Waals surface area contributed by atoms with Gasteiger partial charge >= 0.3 is 0 Å². The van der Waals surface area contributed by atoms with Crippen LogP contribution in [0, 0.1) is 5.41 Å². The highest BCUT2D eigenvalue weighted by Gasteiger charge is 2.36. The van der Waals surface area contributed by atoms with Crippen molar-refractivity contribution >= 4 is 23.3 Å². The van der Waals surface area contributed by atoms with Crippen molar-refractivity contribution in [3.63, 3.8) is 0 Å². The molecule has 0 aliphatic carbocycles. The minimum atomic E-state index is -0.182. The Morgan fingerprint density at radius 3 is 2.31 bits per heavy atom. The topological polar surface area (TPSA) is 63.4 Å². The molecule has 0 radical (unpaired) electrons. The summed E-state index contributed by atoms with van der Waals surface area (Å²) in [6.07, 6.45) is 0.756. The van der Waals surface area contributed by atoms with E-state index in [0.717, 1.165) is 6.42 Å². The van der Waals surface area contributed by atoms with Crippen molar-refractivity contribution in [1.29, 1.82) is 0 Å². The molecule has 0 aromatic heterocycles. The summed E-state index contributed by atoms with van der Waals surface area (Å²) in [7, 11) is 0. The van der Waals surface area contributed by atoms with Crippen LogP contribution in [0.4, 0.5) is 0 Å². The Balaban J connectivity index is 1.91. The zero-order valence-corrected chi connectivity index (χ0v) is 15.8. The number of rotatable bonds is 3. The predicted molar refractivity (Wildman–Crippen MR) is 104 cm³/mol. The fourth-order valence-electron chi connectivity index (χ4n) is 3.34. The Bertz CT molecular complexity index is 830. The molecule has 4 nitrogen and oxygen atoms in total. The molecule has 2 aromatic carbocycles. The van der Waals surface area contributed by atoms with Crippen LogP contribution in [0.2, 0.25) is 5.02 Å². The van der Waals surface area contributed by atoms with E-state index in [0.29, 0.717) is 34.8 Å². The van der Waals surface area contributed by atoms with Gasteiger partial charge in [0.1, 0.15) is 0 Å². The highest BCUT2D eigenvalue weighted by Crippen LogP contribution is 2.29. The number of benzene rings is 2. The van der Waals surface area contributed by atoms with Gasteiger partial charge < -0.3 is 10.6 Å². The fourth-order valence-corrected chi connectivity index (χ4v) is 3.47. The lowest BCUT2D eigenvalue weighted by molar-refractivity contribution is 0.0531. The van der Waals surface area contributed by atoms with Gasteiger partial charge in [0.15, 0.2) is 5.78 Å². The molecule has 1 atom stereocenters. The molecule has 1 fully saturated rings. The summed E-state index contributed by atoms with van der Waals surface area (Å²) in [5, 5.41) is 0.567. The van der Waals surface area contributed by atoms with Crippen LogP contribution in [-0.4, -0.2) is 35.7 Å². The molecule has 1 heterocycles. The van der Waals surface area contributed by atoms with E-state index in [9.17, 15) is 9.59 Å². The molecule has 0 bridgehead atoms. The maximum atomic E-state index is 13.1. The van der Waals surface area contributed by atoms with E-state index < -0.39 is 0 Å². The van der Waals surface area contributed by atoms with Crippen LogP contribution in [0.5, 0.6) is 0 Å². The molecule has 0 spiro atoms. The lowest BCUT2D eigenvalue weighted by Gasteiger charge is -2.42. The Hall–Kier alpha value is -2.17. The Kier molecular flexibility index (Phi) is 5.17. The minimum Gasteiger partial charge on any atom is -0.338 e. The second kappa shape index (κ2) is 7.22. The van der Waals surface area contributed by atoms with E-state index in [2.05, 4.69) is 13.8 Å². The lowest BCUT2D eigenvalue weighted by atomic mass is 9.79. The second-order valence-corrected chi connectivity index (χ2v) is 7.93. The molecular weight excluding hydrogens is 348 g/mol. The van der Waals surface area contributed by atoms with Crippen molar-refractivity contribution in [2.75, 3.05) is 13.1 Å². The van der Waals surface area contributed by atoms with Crippen molar-refractivity contribution in [3.8, 4) is 0 Å². The van der Waals surface area contributed by atoms with Gasteiger partial charge in [0.2, 0.25) is 0 Å². The normalized spacial score (nSPS) is 19.2. The zero-order chi connectivity index (χ0) is 18.9. The van der Waals surface area contributed by atoms with E-state index in [1.807, 2.05) is 0 Å². The maximum absolute atomic E-state index is 13.1. The standard InChI is InChI=1S/C21H23ClN2O2/c1-21(2)13-24(12-11-18(21)23)20(26)17-6-4-3-5-16(17)19(25)14-7-9-15(22)10-8-14/h3-10,18H,11-13,23H2,1-2H3. The Morgan fingerprint density at radius 2 is 1.69 bits per heavy atom. The highest BCUT2D eigenvalue weighted by atomic mass is 35.5. The van der Waals surface area contributed by atoms with Gasteiger partial charge in [-0.3, -0.25) is 9.59 Å². The largest absolute Gasteiger partial charge is 0.338 e. The average molecular weight is 371 g/mol. The maximum Gasteiger partial charge on any atom is 0.254 e. The van der Waals surface area contributed by atoms with E-state index in [4.69, 9.17) is 17.3 Å². The van der Waals surface area contributed by atoms with Crippen molar-refractivity contribution in [3.05, 3.63) is 70.2 Å². The summed E-state index contributed by atoms with van der Waals surface area (Å²) >= 11 is 5.90. The summed E-state index contributed by atoms with van der Waals surface area (Å²) in [5.41, 5.74) is 7.38. The van der Waals surface area contributed by atoms with Gasteiger partial charge in [0.05, 0.1) is 5.56 Å².